The number of pyridine rings is 1. The van der Waals surface area contributed by atoms with Gasteiger partial charge in [0.2, 0.25) is 5.91 Å². The Labute approximate surface area is 226 Å². The summed E-state index contributed by atoms with van der Waals surface area (Å²) in [6, 6.07) is 30.1. The van der Waals surface area contributed by atoms with Gasteiger partial charge in [0.05, 0.1) is 5.41 Å². The number of fused-ring (bicyclic) bond motifs is 3. The minimum atomic E-state index is -0.575. The van der Waals surface area contributed by atoms with Crippen LogP contribution in [0.15, 0.2) is 91.1 Å². The quantitative estimate of drug-likeness (QED) is 0.302. The highest BCUT2D eigenvalue weighted by Gasteiger charge is 2.56. The van der Waals surface area contributed by atoms with Gasteiger partial charge in [0.25, 0.3) is 0 Å². The lowest BCUT2D eigenvalue weighted by Crippen LogP contribution is -2.49. The largest absolute Gasteiger partial charge is 0.363 e. The average Bonchev–Trinajstić information content (AvgIpc) is 3.39. The topological polar surface area (TPSA) is 36.4 Å². The number of rotatable bonds is 5. The number of amides is 1. The molecule has 3 aromatic carbocycles. The molecule has 0 saturated heterocycles. The second kappa shape index (κ2) is 9.13. The fourth-order valence-electron chi connectivity index (χ4n) is 6.35. The first-order valence-corrected chi connectivity index (χ1v) is 13.5. The number of nitrogens with zero attached hydrogens (tertiary/aromatic N) is 3. The fraction of sp³-hybridized carbons (Fsp3) is 0.294. The summed E-state index contributed by atoms with van der Waals surface area (Å²) in [5.74, 6) is 1.00. The van der Waals surface area contributed by atoms with Crippen molar-refractivity contribution in [3.8, 4) is 0 Å². The molecular formula is C34H35N3O. The van der Waals surface area contributed by atoms with Crippen molar-refractivity contribution in [1.29, 1.82) is 0 Å². The van der Waals surface area contributed by atoms with Gasteiger partial charge < -0.3 is 4.90 Å². The molecule has 6 rings (SSSR count). The van der Waals surface area contributed by atoms with Crippen molar-refractivity contribution in [2.75, 3.05) is 9.80 Å². The van der Waals surface area contributed by atoms with Gasteiger partial charge in [-0.15, -0.1) is 0 Å². The smallest absolute Gasteiger partial charge is 0.240 e. The molecule has 1 aromatic heterocycles. The van der Waals surface area contributed by atoms with Crippen LogP contribution < -0.4 is 9.80 Å². The molecule has 1 aliphatic carbocycles. The Morgan fingerprint density at radius 3 is 2.00 bits per heavy atom. The third-order valence-corrected chi connectivity index (χ3v) is 8.07. The Hall–Kier alpha value is -3.92. The lowest BCUT2D eigenvalue weighted by Gasteiger charge is -2.33. The van der Waals surface area contributed by atoms with Gasteiger partial charge in [-0.2, -0.15) is 0 Å². The molecular weight excluding hydrogens is 466 g/mol. The van der Waals surface area contributed by atoms with Gasteiger partial charge in [0.15, 0.2) is 0 Å². The molecule has 192 valence electrons. The van der Waals surface area contributed by atoms with E-state index in [-0.39, 0.29) is 11.4 Å². The Kier molecular flexibility index (Phi) is 5.86. The number of carbonyl (C=O) groups is 1. The van der Waals surface area contributed by atoms with Crippen LogP contribution in [0, 0.1) is 6.92 Å². The number of carbonyl (C=O) groups excluding carboxylic acids is 1. The first-order valence-electron chi connectivity index (χ1n) is 13.5. The lowest BCUT2D eigenvalue weighted by atomic mass is 9.79. The third kappa shape index (κ3) is 4.09. The summed E-state index contributed by atoms with van der Waals surface area (Å²) in [5, 5.41) is 0. The molecule has 1 atom stereocenters. The van der Waals surface area contributed by atoms with Crippen LogP contribution in [0.1, 0.15) is 54.2 Å². The van der Waals surface area contributed by atoms with E-state index in [9.17, 15) is 4.79 Å². The second-order valence-electron chi connectivity index (χ2n) is 11.9. The van der Waals surface area contributed by atoms with Gasteiger partial charge in [-0.25, -0.2) is 4.98 Å². The zero-order valence-electron chi connectivity index (χ0n) is 22.7. The molecule has 1 amide bonds. The molecule has 0 fully saturated rings. The van der Waals surface area contributed by atoms with Gasteiger partial charge in [-0.05, 0) is 80.5 Å². The molecule has 2 heterocycles. The Morgan fingerprint density at radius 1 is 0.842 bits per heavy atom. The molecule has 4 heteroatoms. The average molecular weight is 502 g/mol. The monoisotopic (exact) mass is 501 g/mol. The highest BCUT2D eigenvalue weighted by Crippen LogP contribution is 2.51. The maximum Gasteiger partial charge on any atom is 0.240 e. The van der Waals surface area contributed by atoms with E-state index < -0.39 is 5.41 Å². The maximum atomic E-state index is 14.2. The summed E-state index contributed by atoms with van der Waals surface area (Å²) < 4.78 is 0. The van der Waals surface area contributed by atoms with Crippen molar-refractivity contribution in [2.24, 2.45) is 0 Å². The van der Waals surface area contributed by atoms with E-state index >= 15 is 0 Å². The van der Waals surface area contributed by atoms with Crippen molar-refractivity contribution >= 4 is 17.4 Å². The van der Waals surface area contributed by atoms with Crippen LogP contribution in [-0.2, 0) is 36.1 Å². The summed E-state index contributed by atoms with van der Waals surface area (Å²) in [7, 11) is 0. The van der Waals surface area contributed by atoms with Crippen LogP contribution in [0.3, 0.4) is 0 Å². The highest BCUT2D eigenvalue weighted by atomic mass is 16.2. The van der Waals surface area contributed by atoms with Gasteiger partial charge in [-0.3, -0.25) is 9.69 Å². The van der Waals surface area contributed by atoms with Gasteiger partial charge in [0, 0.05) is 36.1 Å². The van der Waals surface area contributed by atoms with Crippen molar-refractivity contribution in [1.82, 2.24) is 4.98 Å². The second-order valence-corrected chi connectivity index (χ2v) is 11.9. The summed E-state index contributed by atoms with van der Waals surface area (Å²) in [6.45, 7) is 10.1. The number of hydrogen-bond donors (Lipinski definition) is 0. The SMILES string of the molecule is Cc1cc2c(cc1N(Cc1ccccc1)Cc1ccccc1)CC1(C2)C(=O)N(C(C)(C)C)c2ncccc21. The molecule has 1 unspecified atom stereocenters. The van der Waals surface area contributed by atoms with Crippen LogP contribution in [0.2, 0.25) is 0 Å². The Morgan fingerprint density at radius 2 is 1.42 bits per heavy atom. The number of hydrogen-bond acceptors (Lipinski definition) is 3. The minimum absolute atomic E-state index is 0.180. The number of aryl methyl sites for hydroxylation is 1. The first kappa shape index (κ1) is 24.4. The van der Waals surface area contributed by atoms with Crippen molar-refractivity contribution in [3.63, 3.8) is 0 Å². The van der Waals surface area contributed by atoms with Crippen LogP contribution in [0.25, 0.3) is 0 Å². The van der Waals surface area contributed by atoms with E-state index in [1.807, 2.05) is 11.0 Å². The summed E-state index contributed by atoms with van der Waals surface area (Å²) >= 11 is 0. The first-order chi connectivity index (χ1) is 18.3. The van der Waals surface area contributed by atoms with E-state index in [0.717, 1.165) is 30.9 Å². The summed E-state index contributed by atoms with van der Waals surface area (Å²) in [4.78, 5) is 23.3. The van der Waals surface area contributed by atoms with Crippen LogP contribution in [-0.4, -0.2) is 16.4 Å². The van der Waals surface area contributed by atoms with Crippen molar-refractivity contribution in [2.45, 2.75) is 64.6 Å². The Balaban J connectivity index is 1.40. The van der Waals surface area contributed by atoms with Gasteiger partial charge >= 0.3 is 0 Å². The molecule has 0 bridgehead atoms. The van der Waals surface area contributed by atoms with Gasteiger partial charge in [0.1, 0.15) is 5.82 Å². The highest BCUT2D eigenvalue weighted by molar-refractivity contribution is 6.09. The number of aromatic nitrogens is 1. The number of benzene rings is 3. The molecule has 4 aromatic rings. The van der Waals surface area contributed by atoms with E-state index in [1.165, 1.54) is 33.5 Å². The summed E-state index contributed by atoms with van der Waals surface area (Å²) in [5.41, 5.74) is 7.77. The predicted molar refractivity (Wildman–Crippen MR) is 155 cm³/mol. The number of anilines is 2. The van der Waals surface area contributed by atoms with Crippen LogP contribution in [0.4, 0.5) is 11.5 Å². The van der Waals surface area contributed by atoms with Crippen LogP contribution in [0.5, 0.6) is 0 Å². The molecule has 2 aliphatic rings. The molecule has 0 saturated carbocycles. The molecule has 38 heavy (non-hydrogen) atoms. The molecule has 0 N–H and O–H groups in total. The predicted octanol–water partition coefficient (Wildman–Crippen LogP) is 6.78. The molecule has 1 spiro atoms. The van der Waals surface area contributed by atoms with Crippen molar-refractivity contribution in [3.05, 3.63) is 125 Å². The van der Waals surface area contributed by atoms with E-state index in [0.29, 0.717) is 6.42 Å². The van der Waals surface area contributed by atoms with Crippen molar-refractivity contribution < 1.29 is 4.79 Å². The van der Waals surface area contributed by atoms with E-state index in [1.54, 1.807) is 6.20 Å². The Bertz CT molecular complexity index is 1450. The lowest BCUT2D eigenvalue weighted by molar-refractivity contribution is -0.123. The fourth-order valence-corrected chi connectivity index (χ4v) is 6.35. The van der Waals surface area contributed by atoms with E-state index in [4.69, 9.17) is 4.98 Å². The molecule has 1 aliphatic heterocycles. The minimum Gasteiger partial charge on any atom is -0.363 e. The zero-order chi connectivity index (χ0) is 26.5. The zero-order valence-corrected chi connectivity index (χ0v) is 22.7. The van der Waals surface area contributed by atoms with Crippen LogP contribution >= 0.6 is 0 Å². The third-order valence-electron chi connectivity index (χ3n) is 8.07. The maximum absolute atomic E-state index is 14.2. The van der Waals surface area contributed by atoms with Gasteiger partial charge in [-0.1, -0.05) is 72.8 Å². The molecule has 4 nitrogen and oxygen atoms in total. The normalized spacial score (nSPS) is 18.1. The summed E-state index contributed by atoms with van der Waals surface area (Å²) in [6.07, 6.45) is 3.24. The van der Waals surface area contributed by atoms with E-state index in [2.05, 4.69) is 111 Å². The molecule has 0 radical (unpaired) electrons. The standard InChI is InChI=1S/C34H35N3O/c1-24-18-27-20-34(29-16-11-17-35-31(29)37(32(34)38)33(2,3)4)21-28(27)19-30(24)36(22-25-12-7-5-8-13-25)23-26-14-9-6-10-15-26/h5-19H,20-23H2,1-4H3.